The van der Waals surface area contributed by atoms with Crippen molar-refractivity contribution in [2.45, 2.75) is 98.2 Å². The maximum absolute atomic E-state index is 13.1. The second-order valence-corrected chi connectivity index (χ2v) is 11.6. The summed E-state index contributed by atoms with van der Waals surface area (Å²) >= 11 is 0. The molecule has 1 aromatic rings. The lowest BCUT2D eigenvalue weighted by atomic mass is 10.1. The number of rotatable bonds is 4. The molecule has 0 aliphatic carbocycles. The average Bonchev–Trinajstić information content (AvgIpc) is 2.68. The van der Waals surface area contributed by atoms with Crippen LogP contribution in [0.5, 0.6) is 5.88 Å². The molecule has 0 aromatic carbocycles. The molecule has 0 saturated heterocycles. The highest BCUT2D eigenvalue weighted by molar-refractivity contribution is 6.08. The van der Waals surface area contributed by atoms with Gasteiger partial charge in [0.05, 0.1) is 0 Å². The largest absolute Gasteiger partial charge is 0.515 e. The van der Waals surface area contributed by atoms with Crippen molar-refractivity contribution in [1.29, 1.82) is 0 Å². The third-order valence-electron chi connectivity index (χ3n) is 4.33. The highest BCUT2D eigenvalue weighted by Gasteiger charge is 2.38. The normalized spacial score (nSPS) is 16.1. The fourth-order valence-corrected chi connectivity index (χ4v) is 2.95. The van der Waals surface area contributed by atoms with Crippen LogP contribution in [-0.2, 0) is 19.0 Å². The first-order valence-electron chi connectivity index (χ1n) is 12.0. The number of aromatic nitrogens is 2. The molecule has 38 heavy (non-hydrogen) atoms. The van der Waals surface area contributed by atoms with Gasteiger partial charge < -0.3 is 34.7 Å². The van der Waals surface area contributed by atoms with E-state index in [0.717, 1.165) is 0 Å². The summed E-state index contributed by atoms with van der Waals surface area (Å²) in [6, 6.07) is -0.925. The number of hydrogen-bond donors (Lipinski definition) is 3. The molecule has 1 aliphatic rings. The first-order chi connectivity index (χ1) is 17.2. The van der Waals surface area contributed by atoms with Gasteiger partial charge in [0.25, 0.3) is 5.88 Å². The van der Waals surface area contributed by atoms with Crippen LogP contribution in [0, 0.1) is 0 Å². The van der Waals surface area contributed by atoms with Gasteiger partial charge in [-0.25, -0.2) is 14.4 Å². The van der Waals surface area contributed by atoms with Gasteiger partial charge in [0.2, 0.25) is 5.95 Å². The van der Waals surface area contributed by atoms with Crippen LogP contribution in [0.15, 0.2) is 0 Å². The Kier molecular flexibility index (Phi) is 8.82. The smallest absolute Gasteiger partial charge is 0.443 e. The third-order valence-corrected chi connectivity index (χ3v) is 4.33. The number of ether oxygens (including phenoxy) is 4. The molecule has 3 N–H and O–H groups in total. The van der Waals surface area contributed by atoms with Crippen LogP contribution < -0.4 is 20.3 Å². The first-order valence-corrected chi connectivity index (χ1v) is 12.0. The molecule has 212 valence electrons. The van der Waals surface area contributed by atoms with Crippen molar-refractivity contribution in [2.75, 3.05) is 22.1 Å². The zero-order valence-corrected chi connectivity index (χ0v) is 23.4. The van der Waals surface area contributed by atoms with Crippen molar-refractivity contribution >= 4 is 41.6 Å². The second kappa shape index (κ2) is 11.0. The van der Waals surface area contributed by atoms with E-state index in [0.29, 0.717) is 4.90 Å². The average molecular weight is 540 g/mol. The van der Waals surface area contributed by atoms with E-state index in [2.05, 4.69) is 20.6 Å². The summed E-state index contributed by atoms with van der Waals surface area (Å²) in [7, 11) is 0. The van der Waals surface area contributed by atoms with Gasteiger partial charge in [0.1, 0.15) is 34.6 Å². The Bertz CT molecular complexity index is 1060. The van der Waals surface area contributed by atoms with E-state index >= 15 is 0 Å². The second-order valence-electron chi connectivity index (χ2n) is 11.6. The number of ketones is 1. The van der Waals surface area contributed by atoms with Crippen molar-refractivity contribution in [2.24, 2.45) is 0 Å². The molecule has 1 aliphatic heterocycles. The molecule has 14 nitrogen and oxygen atoms in total. The first kappa shape index (κ1) is 30.5. The summed E-state index contributed by atoms with van der Waals surface area (Å²) in [4.78, 5) is 59.9. The number of Topliss-reactive ketones (excluding diaryl/α,β-unsaturated/α-hetero) is 1. The molecular weight excluding hydrogens is 502 g/mol. The quantitative estimate of drug-likeness (QED) is 0.373. The van der Waals surface area contributed by atoms with Crippen LogP contribution in [0.25, 0.3) is 0 Å². The van der Waals surface area contributed by atoms with Gasteiger partial charge in [-0.15, -0.1) is 4.90 Å². The predicted octanol–water partition coefficient (Wildman–Crippen LogP) is 3.62. The maximum Gasteiger partial charge on any atom is 0.515 e. The van der Waals surface area contributed by atoms with Gasteiger partial charge in [-0.05, 0) is 69.2 Å². The molecule has 0 radical (unpaired) electrons. The summed E-state index contributed by atoms with van der Waals surface area (Å²) < 4.78 is 21.2. The van der Waals surface area contributed by atoms with Crippen LogP contribution in [0.1, 0.15) is 69.2 Å². The van der Waals surface area contributed by atoms with Gasteiger partial charge in [0, 0.05) is 6.54 Å². The predicted molar refractivity (Wildman–Crippen MR) is 136 cm³/mol. The lowest BCUT2D eigenvalue weighted by Gasteiger charge is -2.30. The molecule has 1 aromatic heterocycles. The topological polar surface area (TPSA) is 179 Å². The molecule has 0 fully saturated rings. The minimum Gasteiger partial charge on any atom is -0.443 e. The summed E-state index contributed by atoms with van der Waals surface area (Å²) in [5.74, 6) is -1.52. The zero-order chi connectivity index (χ0) is 29.2. The van der Waals surface area contributed by atoms with Crippen molar-refractivity contribution in [3.63, 3.8) is 0 Å². The number of carbonyl (C=O) groups excluding carboxylic acids is 4. The number of aliphatic hydroxyl groups excluding tert-OH is 1. The summed E-state index contributed by atoms with van der Waals surface area (Å²) in [6.45, 7) is 15.8. The standard InChI is InChI=1S/C24H37N5O9/c1-12(30)15(31)13-11-25-16-14(26-13)17(35-21(34)38-24(8,9)10)28-18(27-16)29(19(32)36-22(2,3)4)20(33)37-23(5,6)7/h12-13,26,30H,11H2,1-10H3,(H,25,27,28)/t12-,13+/m0/s1. The Morgan fingerprint density at radius 1 is 0.895 bits per heavy atom. The molecule has 14 heteroatoms. The number of hydrogen-bond acceptors (Lipinski definition) is 13. The Balaban J connectivity index is 2.63. The van der Waals surface area contributed by atoms with E-state index in [1.54, 1.807) is 62.3 Å². The lowest BCUT2D eigenvalue weighted by molar-refractivity contribution is -0.126. The van der Waals surface area contributed by atoms with Gasteiger partial charge in [-0.2, -0.15) is 9.97 Å². The molecule has 2 atom stereocenters. The Morgan fingerprint density at radius 3 is 1.84 bits per heavy atom. The van der Waals surface area contributed by atoms with Crippen molar-refractivity contribution in [3.05, 3.63) is 0 Å². The monoisotopic (exact) mass is 539 g/mol. The summed E-state index contributed by atoms with van der Waals surface area (Å²) in [5, 5.41) is 15.4. The molecule has 0 unspecified atom stereocenters. The number of fused-ring (bicyclic) bond motifs is 1. The SMILES string of the molecule is C[C@H](O)C(=O)[C@H]1CNc2nc(N(C(=O)OC(C)(C)C)C(=O)OC(C)(C)C)nc(OC(=O)OC(C)(C)C)c2N1. The summed E-state index contributed by atoms with van der Waals surface area (Å²) in [6.07, 6.45) is -4.70. The molecule has 0 bridgehead atoms. The van der Waals surface area contributed by atoms with Gasteiger partial charge in [-0.3, -0.25) is 4.79 Å². The maximum atomic E-state index is 13.1. The fourth-order valence-electron chi connectivity index (χ4n) is 2.95. The number of nitrogens with one attached hydrogen (secondary N) is 2. The minimum atomic E-state index is -1.28. The van der Waals surface area contributed by atoms with E-state index < -0.39 is 64.9 Å². The fraction of sp³-hybridized carbons (Fsp3) is 0.667. The number of amides is 2. The molecule has 0 saturated carbocycles. The molecule has 2 amide bonds. The minimum absolute atomic E-state index is 0.000295. The van der Waals surface area contributed by atoms with E-state index in [-0.39, 0.29) is 18.1 Å². The highest BCUT2D eigenvalue weighted by Crippen LogP contribution is 2.36. The van der Waals surface area contributed by atoms with Crippen LogP contribution in [0.4, 0.5) is 31.8 Å². The van der Waals surface area contributed by atoms with E-state index in [1.165, 1.54) is 6.92 Å². The lowest BCUT2D eigenvalue weighted by Crippen LogP contribution is -2.46. The van der Waals surface area contributed by atoms with Crippen molar-refractivity contribution in [1.82, 2.24) is 9.97 Å². The number of imide groups is 1. The van der Waals surface area contributed by atoms with Gasteiger partial charge in [-0.1, -0.05) is 0 Å². The zero-order valence-electron chi connectivity index (χ0n) is 23.4. The van der Waals surface area contributed by atoms with Crippen molar-refractivity contribution < 1.29 is 43.2 Å². The number of nitrogens with zero attached hydrogens (tertiary/aromatic N) is 3. The number of aliphatic hydroxyl groups is 1. The third kappa shape index (κ3) is 8.71. The van der Waals surface area contributed by atoms with Crippen LogP contribution in [-0.4, -0.2) is 74.7 Å². The van der Waals surface area contributed by atoms with Gasteiger partial charge in [0.15, 0.2) is 11.6 Å². The molecule has 2 rings (SSSR count). The van der Waals surface area contributed by atoms with Gasteiger partial charge >= 0.3 is 18.3 Å². The van der Waals surface area contributed by atoms with Crippen molar-refractivity contribution in [3.8, 4) is 5.88 Å². The van der Waals surface area contributed by atoms with Crippen LogP contribution in [0.3, 0.4) is 0 Å². The van der Waals surface area contributed by atoms with E-state index in [4.69, 9.17) is 18.9 Å². The molecule has 0 spiro atoms. The van der Waals surface area contributed by atoms with Crippen LogP contribution >= 0.6 is 0 Å². The molecular formula is C24H37N5O9. The Labute approximate surface area is 221 Å². The Hall–Kier alpha value is -3.68. The highest BCUT2D eigenvalue weighted by atomic mass is 16.7. The summed E-state index contributed by atoms with van der Waals surface area (Å²) in [5.41, 5.74) is -2.92. The Morgan fingerprint density at radius 2 is 1.39 bits per heavy atom. The molecule has 2 heterocycles. The number of anilines is 3. The number of carbonyl (C=O) groups is 4. The van der Waals surface area contributed by atoms with Crippen LogP contribution in [0.2, 0.25) is 0 Å². The van der Waals surface area contributed by atoms with E-state index in [1.807, 2.05) is 0 Å². The van der Waals surface area contributed by atoms with E-state index in [9.17, 15) is 24.3 Å².